The smallest absolute Gasteiger partial charge is 0.242 e. The Morgan fingerprint density at radius 3 is 2.94 bits per heavy atom. The fourth-order valence-electron chi connectivity index (χ4n) is 2.87. The van der Waals surface area contributed by atoms with Gasteiger partial charge in [0.25, 0.3) is 0 Å². The summed E-state index contributed by atoms with van der Waals surface area (Å²) in [6.45, 7) is 2.58. The number of nitrogens with zero attached hydrogens (tertiary/aromatic N) is 2. The first-order valence-electron chi connectivity index (χ1n) is 6.56. The lowest BCUT2D eigenvalue weighted by atomic mass is 9.94. The molecule has 18 heavy (non-hydrogen) atoms. The van der Waals surface area contributed by atoms with Gasteiger partial charge in [-0.25, -0.2) is 4.99 Å². The van der Waals surface area contributed by atoms with Crippen molar-refractivity contribution in [3.05, 3.63) is 10.5 Å². The van der Waals surface area contributed by atoms with Crippen molar-refractivity contribution >= 4 is 40.0 Å². The molecule has 1 unspecified atom stereocenters. The molecule has 0 saturated heterocycles. The maximum Gasteiger partial charge on any atom is 0.242 e. The van der Waals surface area contributed by atoms with E-state index in [0.717, 1.165) is 17.9 Å². The van der Waals surface area contributed by atoms with Gasteiger partial charge >= 0.3 is 0 Å². The molecule has 0 N–H and O–H groups in total. The molecule has 0 aromatic rings. The summed E-state index contributed by atoms with van der Waals surface area (Å²) in [6.07, 6.45) is 5.88. The number of allylic oxidation sites excluding steroid dienone is 1. The standard InChI is InChI=1S/C13H16N2OS2/c1-2-15-12(16)10-8-6-4-3-5-7-9(8)18-11(10)14-13(15)17/h10H,2-7H2,1H3. The number of thioether (sulfide) groups is 1. The third-order valence-electron chi connectivity index (χ3n) is 3.80. The summed E-state index contributed by atoms with van der Waals surface area (Å²) >= 11 is 6.91. The summed E-state index contributed by atoms with van der Waals surface area (Å²) < 4.78 is 0. The highest BCUT2D eigenvalue weighted by molar-refractivity contribution is 8.17. The minimum Gasteiger partial charge on any atom is -0.287 e. The van der Waals surface area contributed by atoms with E-state index in [1.54, 1.807) is 16.7 Å². The summed E-state index contributed by atoms with van der Waals surface area (Å²) in [6, 6.07) is 0. The third-order valence-corrected chi connectivity index (χ3v) is 5.36. The Bertz CT molecular complexity index is 481. The predicted octanol–water partition coefficient (Wildman–Crippen LogP) is 3.11. The molecule has 3 nitrogen and oxygen atoms in total. The van der Waals surface area contributed by atoms with E-state index in [9.17, 15) is 4.79 Å². The first kappa shape index (κ1) is 12.4. The summed E-state index contributed by atoms with van der Waals surface area (Å²) in [5.74, 6) is 0.0432. The second-order valence-electron chi connectivity index (χ2n) is 4.86. The topological polar surface area (TPSA) is 32.7 Å². The first-order valence-corrected chi connectivity index (χ1v) is 7.78. The molecule has 0 aromatic carbocycles. The van der Waals surface area contributed by atoms with Gasteiger partial charge in [-0.05, 0) is 55.3 Å². The van der Waals surface area contributed by atoms with E-state index in [-0.39, 0.29) is 11.8 Å². The summed E-state index contributed by atoms with van der Waals surface area (Å²) in [5, 5.41) is 1.38. The van der Waals surface area contributed by atoms with Crippen molar-refractivity contribution in [1.82, 2.24) is 4.90 Å². The van der Waals surface area contributed by atoms with Gasteiger partial charge in [0, 0.05) is 6.54 Å². The molecule has 0 spiro atoms. The summed E-state index contributed by atoms with van der Waals surface area (Å²) in [7, 11) is 0. The van der Waals surface area contributed by atoms with Crippen LogP contribution in [0, 0.1) is 5.92 Å². The number of hydrogen-bond acceptors (Lipinski definition) is 3. The fourth-order valence-corrected chi connectivity index (χ4v) is 4.59. The lowest BCUT2D eigenvalue weighted by Gasteiger charge is -2.28. The van der Waals surface area contributed by atoms with Crippen LogP contribution in [0.1, 0.15) is 39.0 Å². The van der Waals surface area contributed by atoms with Gasteiger partial charge in [0.2, 0.25) is 11.0 Å². The molecule has 2 aliphatic heterocycles. The number of aliphatic imine (C=N–C) groups is 1. The largest absolute Gasteiger partial charge is 0.287 e. The van der Waals surface area contributed by atoms with E-state index in [4.69, 9.17) is 12.2 Å². The fraction of sp³-hybridized carbons (Fsp3) is 0.615. The molecule has 3 rings (SSSR count). The lowest BCUT2D eigenvalue weighted by molar-refractivity contribution is -0.128. The van der Waals surface area contributed by atoms with Crippen molar-refractivity contribution in [2.24, 2.45) is 10.9 Å². The highest BCUT2D eigenvalue weighted by Gasteiger charge is 2.43. The van der Waals surface area contributed by atoms with E-state index in [2.05, 4.69) is 4.99 Å². The van der Waals surface area contributed by atoms with Crippen LogP contribution >= 0.6 is 24.0 Å². The third kappa shape index (κ3) is 1.84. The number of fused-ring (bicyclic) bond motifs is 2. The molecule has 1 aliphatic carbocycles. The normalized spacial score (nSPS) is 27.9. The maximum atomic E-state index is 12.5. The molecule has 2 heterocycles. The van der Waals surface area contributed by atoms with Gasteiger partial charge in [-0.15, -0.1) is 0 Å². The predicted molar refractivity (Wildman–Crippen MR) is 78.6 cm³/mol. The second-order valence-corrected chi connectivity index (χ2v) is 6.34. The van der Waals surface area contributed by atoms with Crippen LogP contribution in [0.15, 0.2) is 15.5 Å². The molecular weight excluding hydrogens is 264 g/mol. The highest BCUT2D eigenvalue weighted by atomic mass is 32.2. The molecule has 0 radical (unpaired) electrons. The van der Waals surface area contributed by atoms with Crippen LogP contribution in [0.3, 0.4) is 0 Å². The Morgan fingerprint density at radius 1 is 1.39 bits per heavy atom. The molecule has 0 aromatic heterocycles. The number of carbonyl (C=O) groups excluding carboxylic acids is 1. The van der Waals surface area contributed by atoms with Gasteiger partial charge < -0.3 is 0 Å². The van der Waals surface area contributed by atoms with E-state index in [1.807, 2.05) is 6.92 Å². The van der Waals surface area contributed by atoms with E-state index >= 15 is 0 Å². The number of rotatable bonds is 1. The van der Waals surface area contributed by atoms with E-state index < -0.39 is 0 Å². The number of carbonyl (C=O) groups is 1. The molecule has 0 saturated carbocycles. The Kier molecular flexibility index (Phi) is 3.28. The van der Waals surface area contributed by atoms with Crippen molar-refractivity contribution in [3.63, 3.8) is 0 Å². The van der Waals surface area contributed by atoms with Crippen LogP contribution in [0.2, 0.25) is 0 Å². The average molecular weight is 280 g/mol. The summed E-state index contributed by atoms with van der Waals surface area (Å²) in [5.41, 5.74) is 1.34. The van der Waals surface area contributed by atoms with E-state index in [0.29, 0.717) is 11.7 Å². The molecule has 1 amide bonds. The quantitative estimate of drug-likeness (QED) is 0.692. The van der Waals surface area contributed by atoms with Gasteiger partial charge in [0.15, 0.2) is 0 Å². The van der Waals surface area contributed by atoms with Crippen molar-refractivity contribution in [3.8, 4) is 0 Å². The highest BCUT2D eigenvalue weighted by Crippen LogP contribution is 2.46. The number of amides is 1. The Balaban J connectivity index is 1.99. The van der Waals surface area contributed by atoms with Crippen LogP contribution in [0.5, 0.6) is 0 Å². The molecule has 3 aliphatic rings. The molecule has 0 bridgehead atoms. The van der Waals surface area contributed by atoms with Gasteiger partial charge in [-0.3, -0.25) is 9.69 Å². The molecule has 96 valence electrons. The SMILES string of the molecule is CCN1C(=O)C2C(=NC1=S)SC1=C2CCCCC1. The molecule has 0 fully saturated rings. The van der Waals surface area contributed by atoms with Crippen molar-refractivity contribution < 1.29 is 4.79 Å². The Labute approximate surface area is 117 Å². The van der Waals surface area contributed by atoms with Gasteiger partial charge in [0.05, 0.1) is 5.04 Å². The Morgan fingerprint density at radius 2 is 2.17 bits per heavy atom. The minimum absolute atomic E-state index is 0.102. The molecule has 1 atom stereocenters. The van der Waals surface area contributed by atoms with Crippen LogP contribution in [0.25, 0.3) is 0 Å². The van der Waals surface area contributed by atoms with E-state index in [1.165, 1.54) is 29.7 Å². The van der Waals surface area contributed by atoms with Gasteiger partial charge in [-0.1, -0.05) is 18.2 Å². The van der Waals surface area contributed by atoms with Crippen LogP contribution in [-0.2, 0) is 4.79 Å². The molecule has 5 heteroatoms. The zero-order valence-electron chi connectivity index (χ0n) is 10.4. The maximum absolute atomic E-state index is 12.5. The van der Waals surface area contributed by atoms with Crippen molar-refractivity contribution in [2.75, 3.05) is 6.54 Å². The molecular formula is C13H16N2OS2. The zero-order chi connectivity index (χ0) is 12.7. The van der Waals surface area contributed by atoms with Gasteiger partial charge in [-0.2, -0.15) is 0 Å². The zero-order valence-corrected chi connectivity index (χ0v) is 12.1. The Hall–Kier alpha value is -0.680. The van der Waals surface area contributed by atoms with Crippen molar-refractivity contribution in [1.29, 1.82) is 0 Å². The second kappa shape index (κ2) is 4.78. The lowest BCUT2D eigenvalue weighted by Crippen LogP contribution is -2.45. The average Bonchev–Trinajstić information content (AvgIpc) is 2.53. The van der Waals surface area contributed by atoms with Crippen LogP contribution < -0.4 is 0 Å². The van der Waals surface area contributed by atoms with Gasteiger partial charge in [0.1, 0.15) is 5.92 Å². The number of hydrogen-bond donors (Lipinski definition) is 0. The monoisotopic (exact) mass is 280 g/mol. The van der Waals surface area contributed by atoms with Crippen molar-refractivity contribution in [2.45, 2.75) is 39.0 Å². The van der Waals surface area contributed by atoms with Crippen LogP contribution in [-0.4, -0.2) is 27.5 Å². The summed E-state index contributed by atoms with van der Waals surface area (Å²) in [4.78, 5) is 20.0. The minimum atomic E-state index is -0.102. The van der Waals surface area contributed by atoms with Crippen LogP contribution in [0.4, 0.5) is 0 Å². The number of thiocarbonyl (C=S) groups is 1. The first-order chi connectivity index (χ1) is 8.72.